The number of sulfone groups is 1. The number of nitrogens with zero attached hydrogens (tertiary/aromatic N) is 2. The minimum Gasteiger partial charge on any atom is -0.342 e. The monoisotopic (exact) mass is 316 g/mol. The molecule has 2 aliphatic rings. The number of carbonyl (C=O) groups is 1. The van der Waals surface area contributed by atoms with Gasteiger partial charge in [0, 0.05) is 31.8 Å². The molecule has 21 heavy (non-hydrogen) atoms. The summed E-state index contributed by atoms with van der Waals surface area (Å²) in [5.74, 6) is 1.42. The molecule has 0 spiro atoms. The summed E-state index contributed by atoms with van der Waals surface area (Å²) in [6, 6.07) is 0. The van der Waals surface area contributed by atoms with Crippen molar-refractivity contribution in [2.45, 2.75) is 39.0 Å². The summed E-state index contributed by atoms with van der Waals surface area (Å²) in [4.78, 5) is 16.1. The van der Waals surface area contributed by atoms with Crippen molar-refractivity contribution in [3.8, 4) is 0 Å². The highest BCUT2D eigenvalue weighted by Gasteiger charge is 2.25. The fraction of sp³-hybridized carbons (Fsp3) is 0.933. The quantitative estimate of drug-likeness (QED) is 0.737. The van der Waals surface area contributed by atoms with Crippen LogP contribution in [-0.2, 0) is 14.6 Å². The van der Waals surface area contributed by atoms with Crippen LogP contribution in [-0.4, -0.2) is 68.4 Å². The lowest BCUT2D eigenvalue weighted by Gasteiger charge is -2.36. The maximum Gasteiger partial charge on any atom is 0.222 e. The summed E-state index contributed by atoms with van der Waals surface area (Å²) >= 11 is 0. The first-order valence-corrected chi connectivity index (χ1v) is 10.0. The molecule has 0 aromatic carbocycles. The number of likely N-dealkylation sites (tertiary alicyclic amines) is 2. The van der Waals surface area contributed by atoms with Gasteiger partial charge in [-0.2, -0.15) is 0 Å². The van der Waals surface area contributed by atoms with Crippen molar-refractivity contribution < 1.29 is 13.2 Å². The molecule has 0 atom stereocenters. The highest BCUT2D eigenvalue weighted by Crippen LogP contribution is 2.21. The Kier molecular flexibility index (Phi) is 6.05. The van der Waals surface area contributed by atoms with Crippen LogP contribution in [0.15, 0.2) is 0 Å². The number of hydrogen-bond acceptors (Lipinski definition) is 4. The second-order valence-corrected chi connectivity index (χ2v) is 8.79. The van der Waals surface area contributed by atoms with Gasteiger partial charge in [-0.05, 0) is 44.7 Å². The average molecular weight is 316 g/mol. The zero-order valence-corrected chi connectivity index (χ0v) is 13.9. The Hall–Kier alpha value is -0.620. The summed E-state index contributed by atoms with van der Waals surface area (Å²) in [6.07, 6.45) is 5.05. The third kappa shape index (κ3) is 5.25. The van der Waals surface area contributed by atoms with Gasteiger partial charge in [0.25, 0.3) is 0 Å². The van der Waals surface area contributed by atoms with Crippen LogP contribution in [0.3, 0.4) is 0 Å². The summed E-state index contributed by atoms with van der Waals surface area (Å²) < 4.78 is 23.1. The van der Waals surface area contributed by atoms with Crippen LogP contribution < -0.4 is 0 Å². The van der Waals surface area contributed by atoms with Crippen LogP contribution in [0.4, 0.5) is 0 Å². The van der Waals surface area contributed by atoms with Gasteiger partial charge in [0.2, 0.25) is 5.91 Å². The van der Waals surface area contributed by atoms with E-state index in [1.54, 1.807) is 6.92 Å². The highest BCUT2D eigenvalue weighted by atomic mass is 32.2. The molecule has 2 aliphatic heterocycles. The standard InChI is InChI=1S/C15H28N2O3S/c1-2-21(19,20)12-11-16-9-6-14(7-10-16)13-17-8-4-3-5-15(17)18/h14H,2-13H2,1H3. The van der Waals surface area contributed by atoms with E-state index in [0.717, 1.165) is 51.9 Å². The van der Waals surface area contributed by atoms with E-state index in [1.165, 1.54) is 0 Å². The molecule has 0 saturated carbocycles. The van der Waals surface area contributed by atoms with Crippen molar-refractivity contribution in [1.29, 1.82) is 0 Å². The zero-order valence-electron chi connectivity index (χ0n) is 13.1. The van der Waals surface area contributed by atoms with Gasteiger partial charge in [-0.25, -0.2) is 8.42 Å². The first-order valence-electron chi connectivity index (χ1n) is 8.20. The van der Waals surface area contributed by atoms with Gasteiger partial charge >= 0.3 is 0 Å². The summed E-state index contributed by atoms with van der Waals surface area (Å²) in [6.45, 7) is 6.12. The molecular formula is C15H28N2O3S. The predicted octanol–water partition coefficient (Wildman–Crippen LogP) is 1.15. The van der Waals surface area contributed by atoms with E-state index in [2.05, 4.69) is 4.90 Å². The Morgan fingerprint density at radius 2 is 1.86 bits per heavy atom. The molecule has 5 nitrogen and oxygen atoms in total. The van der Waals surface area contributed by atoms with Gasteiger partial charge in [-0.1, -0.05) is 6.92 Å². The molecule has 0 aliphatic carbocycles. The fourth-order valence-electron chi connectivity index (χ4n) is 3.17. The number of rotatable bonds is 6. The molecular weight excluding hydrogens is 288 g/mol. The van der Waals surface area contributed by atoms with Crippen LogP contribution in [0.25, 0.3) is 0 Å². The van der Waals surface area contributed by atoms with Crippen LogP contribution >= 0.6 is 0 Å². The topological polar surface area (TPSA) is 57.7 Å². The molecule has 2 fully saturated rings. The summed E-state index contributed by atoms with van der Waals surface area (Å²) in [7, 11) is -2.86. The predicted molar refractivity (Wildman–Crippen MR) is 83.9 cm³/mol. The smallest absolute Gasteiger partial charge is 0.222 e. The van der Waals surface area contributed by atoms with E-state index in [9.17, 15) is 13.2 Å². The second kappa shape index (κ2) is 7.58. The molecule has 6 heteroatoms. The molecule has 0 aromatic heterocycles. The first-order chi connectivity index (χ1) is 10.00. The van der Waals surface area contributed by atoms with Gasteiger partial charge in [0.15, 0.2) is 9.84 Å². The number of piperidine rings is 2. The van der Waals surface area contributed by atoms with Crippen molar-refractivity contribution in [3.63, 3.8) is 0 Å². The Bertz CT molecular complexity index is 442. The van der Waals surface area contributed by atoms with E-state index < -0.39 is 9.84 Å². The molecule has 2 heterocycles. The van der Waals surface area contributed by atoms with Gasteiger partial charge in [0.05, 0.1) is 5.75 Å². The molecule has 2 rings (SSSR count). The third-order valence-corrected chi connectivity index (χ3v) is 6.45. The van der Waals surface area contributed by atoms with Crippen molar-refractivity contribution in [3.05, 3.63) is 0 Å². The number of carbonyl (C=O) groups excluding carboxylic acids is 1. The molecule has 0 radical (unpaired) electrons. The maximum atomic E-state index is 11.8. The van der Waals surface area contributed by atoms with Crippen molar-refractivity contribution >= 4 is 15.7 Å². The second-order valence-electron chi connectivity index (χ2n) is 6.32. The molecule has 1 amide bonds. The lowest BCUT2D eigenvalue weighted by molar-refractivity contribution is -0.134. The van der Waals surface area contributed by atoms with Gasteiger partial charge in [-0.3, -0.25) is 4.79 Å². The normalized spacial score (nSPS) is 22.7. The van der Waals surface area contributed by atoms with Gasteiger partial charge in [0.1, 0.15) is 0 Å². The maximum absolute atomic E-state index is 11.8. The Balaban J connectivity index is 1.69. The lowest BCUT2D eigenvalue weighted by atomic mass is 9.95. The number of amides is 1. The van der Waals surface area contributed by atoms with Crippen LogP contribution in [0, 0.1) is 5.92 Å². The minimum absolute atomic E-state index is 0.237. The van der Waals surface area contributed by atoms with Crippen molar-refractivity contribution in [2.24, 2.45) is 5.92 Å². The minimum atomic E-state index is -2.86. The van der Waals surface area contributed by atoms with E-state index in [-0.39, 0.29) is 11.5 Å². The Morgan fingerprint density at radius 3 is 2.48 bits per heavy atom. The third-order valence-electron chi connectivity index (χ3n) is 4.77. The van der Waals surface area contributed by atoms with Crippen molar-refractivity contribution in [1.82, 2.24) is 9.80 Å². The fourth-order valence-corrected chi connectivity index (χ4v) is 4.00. The van der Waals surface area contributed by atoms with Crippen LogP contribution in [0.2, 0.25) is 0 Å². The van der Waals surface area contributed by atoms with E-state index in [4.69, 9.17) is 0 Å². The highest BCUT2D eigenvalue weighted by molar-refractivity contribution is 7.91. The van der Waals surface area contributed by atoms with Crippen LogP contribution in [0.5, 0.6) is 0 Å². The van der Waals surface area contributed by atoms with Crippen molar-refractivity contribution in [2.75, 3.05) is 44.2 Å². The molecule has 0 N–H and O–H groups in total. The lowest BCUT2D eigenvalue weighted by Crippen LogP contribution is -2.43. The molecule has 0 aromatic rings. The van der Waals surface area contributed by atoms with E-state index >= 15 is 0 Å². The summed E-state index contributed by atoms with van der Waals surface area (Å²) in [5.41, 5.74) is 0. The SMILES string of the molecule is CCS(=O)(=O)CCN1CCC(CN2CCCCC2=O)CC1. The zero-order chi connectivity index (χ0) is 15.3. The molecule has 122 valence electrons. The van der Waals surface area contributed by atoms with E-state index in [1.807, 2.05) is 4.90 Å². The van der Waals surface area contributed by atoms with Crippen LogP contribution in [0.1, 0.15) is 39.0 Å². The van der Waals surface area contributed by atoms with Gasteiger partial charge < -0.3 is 9.80 Å². The number of hydrogen-bond donors (Lipinski definition) is 0. The first kappa shape index (κ1) is 16.7. The summed E-state index contributed by atoms with van der Waals surface area (Å²) in [5, 5.41) is 0. The van der Waals surface area contributed by atoms with Gasteiger partial charge in [-0.15, -0.1) is 0 Å². The average Bonchev–Trinajstić information content (AvgIpc) is 2.49. The largest absolute Gasteiger partial charge is 0.342 e. The Labute approximate surface area is 128 Å². The van der Waals surface area contributed by atoms with E-state index in [0.29, 0.717) is 24.8 Å². The molecule has 0 bridgehead atoms. The molecule has 2 saturated heterocycles. The Morgan fingerprint density at radius 1 is 1.14 bits per heavy atom. The molecule has 0 unspecified atom stereocenters.